The van der Waals surface area contributed by atoms with Gasteiger partial charge in [-0.25, -0.2) is 4.98 Å². The number of fused-ring (bicyclic) bond motifs is 1. The number of amides is 1. The van der Waals surface area contributed by atoms with Crippen LogP contribution in [0.3, 0.4) is 0 Å². The third kappa shape index (κ3) is 3.89. The first-order valence-electron chi connectivity index (χ1n) is 10.9. The van der Waals surface area contributed by atoms with E-state index in [2.05, 4.69) is 44.7 Å². The highest BCUT2D eigenvalue weighted by Gasteiger charge is 2.32. The fraction of sp³-hybridized carbons (Fsp3) is 0.435. The molecule has 0 spiro atoms. The van der Waals surface area contributed by atoms with Crippen molar-refractivity contribution in [3.8, 4) is 0 Å². The standard InChI is InChI=1S/C23H28N6O/c30-21(16-28-12-4-5-13-28)29-14-6-9-20(29)19-11-10-18-22(26-27-23(18)25-19)24-15-17-7-2-1-3-8-17/h1-3,7-8,10-11,20H,4-6,9,12-16H2,(H2,24,25,26,27). The van der Waals surface area contributed by atoms with Gasteiger partial charge in [-0.15, -0.1) is 0 Å². The summed E-state index contributed by atoms with van der Waals surface area (Å²) in [5.41, 5.74) is 2.92. The SMILES string of the molecule is O=C(CN1CCCC1)N1CCCC1c1ccc2c(NCc3ccccc3)n[nH]c2n1. The summed E-state index contributed by atoms with van der Waals surface area (Å²) in [6.45, 7) is 4.16. The number of carbonyl (C=O) groups excluding carboxylic acids is 1. The molecule has 2 fully saturated rings. The van der Waals surface area contributed by atoms with Gasteiger partial charge in [-0.05, 0) is 56.5 Å². The summed E-state index contributed by atoms with van der Waals surface area (Å²) in [6, 6.07) is 14.4. The predicted molar refractivity (Wildman–Crippen MR) is 117 cm³/mol. The van der Waals surface area contributed by atoms with Gasteiger partial charge in [-0.3, -0.25) is 14.8 Å². The van der Waals surface area contributed by atoms with Gasteiger partial charge in [0.25, 0.3) is 0 Å². The van der Waals surface area contributed by atoms with E-state index in [1.54, 1.807) is 0 Å². The molecule has 7 nitrogen and oxygen atoms in total. The Morgan fingerprint density at radius 3 is 2.73 bits per heavy atom. The molecule has 2 N–H and O–H groups in total. The lowest BCUT2D eigenvalue weighted by molar-refractivity contribution is -0.133. The lowest BCUT2D eigenvalue weighted by atomic mass is 10.1. The third-order valence-electron chi connectivity index (χ3n) is 6.22. The van der Waals surface area contributed by atoms with Gasteiger partial charge in [0.1, 0.15) is 0 Å². The Hall–Kier alpha value is -2.93. The van der Waals surface area contributed by atoms with E-state index in [0.717, 1.165) is 55.0 Å². The molecule has 3 aromatic rings. The zero-order valence-corrected chi connectivity index (χ0v) is 17.2. The molecule has 7 heteroatoms. The van der Waals surface area contributed by atoms with Crippen molar-refractivity contribution in [1.29, 1.82) is 0 Å². The Balaban J connectivity index is 1.30. The van der Waals surface area contributed by atoms with E-state index < -0.39 is 0 Å². The van der Waals surface area contributed by atoms with Crippen LogP contribution in [0.4, 0.5) is 5.82 Å². The average Bonchev–Trinajstić information content (AvgIpc) is 3.53. The predicted octanol–water partition coefficient (Wildman–Crippen LogP) is 3.33. The minimum absolute atomic E-state index is 0.0635. The van der Waals surface area contributed by atoms with Crippen LogP contribution in [0, 0.1) is 0 Å². The summed E-state index contributed by atoms with van der Waals surface area (Å²) in [7, 11) is 0. The maximum atomic E-state index is 12.9. The molecule has 1 unspecified atom stereocenters. The van der Waals surface area contributed by atoms with Crippen LogP contribution < -0.4 is 5.32 Å². The Morgan fingerprint density at radius 1 is 1.07 bits per heavy atom. The van der Waals surface area contributed by atoms with E-state index in [9.17, 15) is 4.79 Å². The first-order chi connectivity index (χ1) is 14.8. The first kappa shape index (κ1) is 19.1. The second kappa shape index (κ2) is 8.44. The smallest absolute Gasteiger partial charge is 0.237 e. The number of nitrogens with zero attached hydrogens (tertiary/aromatic N) is 4. The number of carbonyl (C=O) groups is 1. The second-order valence-electron chi connectivity index (χ2n) is 8.27. The van der Waals surface area contributed by atoms with Crippen LogP contribution in [0.25, 0.3) is 11.0 Å². The number of aromatic nitrogens is 3. The first-order valence-corrected chi connectivity index (χ1v) is 10.9. The summed E-state index contributed by atoms with van der Waals surface area (Å²) in [5.74, 6) is 1.04. The molecular weight excluding hydrogens is 376 g/mol. The lowest BCUT2D eigenvalue weighted by Crippen LogP contribution is -2.39. The average molecular weight is 405 g/mol. The van der Waals surface area contributed by atoms with Gasteiger partial charge in [0, 0.05) is 13.1 Å². The number of hydrogen-bond donors (Lipinski definition) is 2. The lowest BCUT2D eigenvalue weighted by Gasteiger charge is -2.26. The van der Waals surface area contributed by atoms with E-state index in [1.165, 1.54) is 18.4 Å². The summed E-state index contributed by atoms with van der Waals surface area (Å²) in [4.78, 5) is 22.0. The second-order valence-corrected chi connectivity index (χ2v) is 8.27. The van der Waals surface area contributed by atoms with Crippen molar-refractivity contribution in [3.05, 3.63) is 53.7 Å². The molecule has 2 saturated heterocycles. The Morgan fingerprint density at radius 2 is 1.90 bits per heavy atom. The molecule has 1 atom stereocenters. The molecule has 1 amide bonds. The van der Waals surface area contributed by atoms with Crippen molar-refractivity contribution in [1.82, 2.24) is 25.0 Å². The molecule has 2 aliphatic heterocycles. The monoisotopic (exact) mass is 404 g/mol. The maximum Gasteiger partial charge on any atom is 0.237 e. The fourth-order valence-corrected chi connectivity index (χ4v) is 4.62. The van der Waals surface area contributed by atoms with Crippen molar-refractivity contribution in [2.75, 3.05) is 31.5 Å². The number of benzene rings is 1. The van der Waals surface area contributed by atoms with Crippen LogP contribution in [0.5, 0.6) is 0 Å². The zero-order chi connectivity index (χ0) is 20.3. The number of hydrogen-bond acceptors (Lipinski definition) is 5. The minimum atomic E-state index is 0.0635. The number of H-pyrrole nitrogens is 1. The van der Waals surface area contributed by atoms with Crippen molar-refractivity contribution in [2.45, 2.75) is 38.3 Å². The Kier molecular flexibility index (Phi) is 5.36. The van der Waals surface area contributed by atoms with Crippen molar-refractivity contribution < 1.29 is 4.79 Å². The summed E-state index contributed by atoms with van der Waals surface area (Å²) >= 11 is 0. The molecule has 0 radical (unpaired) electrons. The number of pyridine rings is 1. The normalized spacial score (nSPS) is 19.6. The van der Waals surface area contributed by atoms with Crippen LogP contribution in [-0.2, 0) is 11.3 Å². The fourth-order valence-electron chi connectivity index (χ4n) is 4.62. The van der Waals surface area contributed by atoms with Crippen LogP contribution in [0.15, 0.2) is 42.5 Å². The maximum absolute atomic E-state index is 12.9. The van der Waals surface area contributed by atoms with Gasteiger partial charge in [0.15, 0.2) is 11.5 Å². The van der Waals surface area contributed by atoms with Crippen molar-refractivity contribution in [3.63, 3.8) is 0 Å². The molecule has 2 aliphatic rings. The largest absolute Gasteiger partial charge is 0.364 e. The van der Waals surface area contributed by atoms with E-state index in [-0.39, 0.29) is 11.9 Å². The number of likely N-dealkylation sites (tertiary alicyclic amines) is 2. The molecule has 156 valence electrons. The number of rotatable bonds is 6. The highest BCUT2D eigenvalue weighted by Crippen LogP contribution is 2.32. The van der Waals surface area contributed by atoms with Gasteiger partial charge < -0.3 is 10.2 Å². The quantitative estimate of drug-likeness (QED) is 0.659. The van der Waals surface area contributed by atoms with E-state index in [1.807, 2.05) is 23.1 Å². The highest BCUT2D eigenvalue weighted by atomic mass is 16.2. The topological polar surface area (TPSA) is 77.2 Å². The Bertz CT molecular complexity index is 1010. The van der Waals surface area contributed by atoms with Gasteiger partial charge >= 0.3 is 0 Å². The zero-order valence-electron chi connectivity index (χ0n) is 17.2. The van der Waals surface area contributed by atoms with Crippen LogP contribution in [-0.4, -0.2) is 57.1 Å². The van der Waals surface area contributed by atoms with Crippen LogP contribution in [0.2, 0.25) is 0 Å². The van der Waals surface area contributed by atoms with Gasteiger partial charge in [0.05, 0.1) is 23.7 Å². The molecule has 1 aromatic carbocycles. The number of anilines is 1. The summed E-state index contributed by atoms with van der Waals surface area (Å²) in [6.07, 6.45) is 4.41. The third-order valence-corrected chi connectivity index (χ3v) is 6.22. The summed E-state index contributed by atoms with van der Waals surface area (Å²) < 4.78 is 0. The van der Waals surface area contributed by atoms with Crippen LogP contribution in [0.1, 0.15) is 43.0 Å². The number of nitrogens with one attached hydrogen (secondary N) is 2. The molecule has 5 rings (SSSR count). The molecule has 0 bridgehead atoms. The molecule has 30 heavy (non-hydrogen) atoms. The van der Waals surface area contributed by atoms with E-state index >= 15 is 0 Å². The molecule has 4 heterocycles. The molecule has 2 aromatic heterocycles. The van der Waals surface area contributed by atoms with Crippen molar-refractivity contribution >= 4 is 22.8 Å². The highest BCUT2D eigenvalue weighted by molar-refractivity contribution is 5.87. The van der Waals surface area contributed by atoms with Crippen LogP contribution >= 0.6 is 0 Å². The Labute approximate surface area is 176 Å². The number of aromatic amines is 1. The summed E-state index contributed by atoms with van der Waals surface area (Å²) in [5, 5.41) is 11.8. The van der Waals surface area contributed by atoms with E-state index in [0.29, 0.717) is 13.1 Å². The van der Waals surface area contributed by atoms with Gasteiger partial charge in [-0.2, -0.15) is 5.10 Å². The molecular formula is C23H28N6O. The molecule has 0 aliphatic carbocycles. The minimum Gasteiger partial charge on any atom is -0.364 e. The van der Waals surface area contributed by atoms with E-state index in [4.69, 9.17) is 4.98 Å². The molecule has 0 saturated carbocycles. The van der Waals surface area contributed by atoms with Crippen molar-refractivity contribution in [2.24, 2.45) is 0 Å². The van der Waals surface area contributed by atoms with Gasteiger partial charge in [0.2, 0.25) is 5.91 Å². The van der Waals surface area contributed by atoms with Gasteiger partial charge in [-0.1, -0.05) is 30.3 Å².